The first-order valence-corrected chi connectivity index (χ1v) is 11.4. The molecule has 0 bridgehead atoms. The molecule has 7 nitrogen and oxygen atoms in total. The van der Waals surface area contributed by atoms with E-state index in [0.29, 0.717) is 54.0 Å². The summed E-state index contributed by atoms with van der Waals surface area (Å²) >= 11 is 5.84. The number of hydrogen-bond donors (Lipinski definition) is 2. The minimum absolute atomic E-state index is 0.0156. The molecular formula is C24H27ClF2N6O. The van der Waals surface area contributed by atoms with Crippen molar-refractivity contribution in [1.82, 2.24) is 14.5 Å². The van der Waals surface area contributed by atoms with Crippen molar-refractivity contribution < 1.29 is 13.6 Å². The van der Waals surface area contributed by atoms with E-state index >= 15 is 0 Å². The largest absolute Gasteiger partial charge is 0.332 e. The fourth-order valence-corrected chi connectivity index (χ4v) is 4.27. The van der Waals surface area contributed by atoms with Gasteiger partial charge in [0.05, 0.1) is 23.3 Å². The molecule has 1 amide bonds. The van der Waals surface area contributed by atoms with Crippen LogP contribution < -0.4 is 16.6 Å². The lowest BCUT2D eigenvalue weighted by Gasteiger charge is -2.32. The number of aromatic nitrogens is 2. The van der Waals surface area contributed by atoms with E-state index in [2.05, 4.69) is 0 Å². The van der Waals surface area contributed by atoms with E-state index in [1.165, 1.54) is 29.3 Å². The molecule has 0 saturated carbocycles. The summed E-state index contributed by atoms with van der Waals surface area (Å²) in [6.07, 6.45) is 0.592. The molecule has 1 atom stereocenters. The second-order valence-electron chi connectivity index (χ2n) is 8.82. The molecule has 180 valence electrons. The Balaban J connectivity index is 1.74. The highest BCUT2D eigenvalue weighted by Gasteiger charge is 2.31. The van der Waals surface area contributed by atoms with Crippen molar-refractivity contribution in [1.29, 1.82) is 0 Å². The Hall–Kier alpha value is -3.01. The molecule has 34 heavy (non-hydrogen) atoms. The number of imidazole rings is 1. The van der Waals surface area contributed by atoms with Gasteiger partial charge in [0.15, 0.2) is 5.82 Å². The van der Waals surface area contributed by atoms with Gasteiger partial charge < -0.3 is 15.2 Å². The van der Waals surface area contributed by atoms with Crippen LogP contribution in [0.3, 0.4) is 0 Å². The number of rotatable bonds is 6. The third kappa shape index (κ3) is 4.77. The minimum atomic E-state index is -0.604. The van der Waals surface area contributed by atoms with E-state index in [-0.39, 0.29) is 23.3 Å². The molecule has 0 spiro atoms. The molecule has 2 heterocycles. The Bertz CT molecular complexity index is 1200. The van der Waals surface area contributed by atoms with Gasteiger partial charge in [0.1, 0.15) is 23.2 Å². The molecule has 2 aromatic carbocycles. The Morgan fingerprint density at radius 3 is 2.53 bits per heavy atom. The number of anilines is 2. The molecule has 4 N–H and O–H groups in total. The summed E-state index contributed by atoms with van der Waals surface area (Å²) < 4.78 is 29.6. The average molecular weight is 489 g/mol. The molecule has 10 heteroatoms. The number of benzene rings is 2. The molecule has 0 fully saturated rings. The number of amides is 1. The van der Waals surface area contributed by atoms with Gasteiger partial charge in [-0.1, -0.05) is 25.4 Å². The molecule has 0 radical (unpaired) electrons. The van der Waals surface area contributed by atoms with E-state index in [0.717, 1.165) is 0 Å². The van der Waals surface area contributed by atoms with Crippen molar-refractivity contribution >= 4 is 29.0 Å². The summed E-state index contributed by atoms with van der Waals surface area (Å²) in [5.41, 5.74) is 7.63. The first-order valence-electron chi connectivity index (χ1n) is 11.0. The number of hydrogen-bond acceptors (Lipinski definition) is 5. The van der Waals surface area contributed by atoms with Gasteiger partial charge in [-0.05, 0) is 48.7 Å². The van der Waals surface area contributed by atoms with Gasteiger partial charge in [-0.15, -0.1) is 0 Å². The SMILES string of the molecule is CC(C)C[C@H](N)C(=O)N1CCn2c(nc(-c3ccc(F)cc3)c2N(N)c2ccc(Cl)c(F)c2)C1. The quantitative estimate of drug-likeness (QED) is 0.400. The normalized spacial score (nSPS) is 14.3. The predicted octanol–water partition coefficient (Wildman–Crippen LogP) is 4.21. The summed E-state index contributed by atoms with van der Waals surface area (Å²) in [4.78, 5) is 19.3. The van der Waals surface area contributed by atoms with Crippen LogP contribution in [-0.4, -0.2) is 32.9 Å². The van der Waals surface area contributed by atoms with E-state index in [4.69, 9.17) is 28.2 Å². The lowest BCUT2D eigenvalue weighted by Crippen LogP contribution is -2.47. The Morgan fingerprint density at radius 1 is 1.18 bits per heavy atom. The van der Waals surface area contributed by atoms with Gasteiger partial charge in [-0.2, -0.15) is 0 Å². The topological polar surface area (TPSA) is 93.4 Å². The Morgan fingerprint density at radius 2 is 1.88 bits per heavy atom. The van der Waals surface area contributed by atoms with E-state index < -0.39 is 11.9 Å². The van der Waals surface area contributed by atoms with Crippen molar-refractivity contribution in [2.75, 3.05) is 11.6 Å². The third-order valence-electron chi connectivity index (χ3n) is 5.83. The molecular weight excluding hydrogens is 462 g/mol. The highest BCUT2D eigenvalue weighted by Crippen LogP contribution is 2.36. The minimum Gasteiger partial charge on any atom is -0.332 e. The lowest BCUT2D eigenvalue weighted by molar-refractivity contribution is -0.134. The van der Waals surface area contributed by atoms with Gasteiger partial charge >= 0.3 is 0 Å². The van der Waals surface area contributed by atoms with Crippen LogP contribution in [0.5, 0.6) is 0 Å². The monoisotopic (exact) mass is 488 g/mol. The zero-order valence-corrected chi connectivity index (χ0v) is 19.8. The fraction of sp³-hybridized carbons (Fsp3) is 0.333. The van der Waals surface area contributed by atoms with Gasteiger partial charge in [-0.25, -0.2) is 19.6 Å². The zero-order valence-electron chi connectivity index (χ0n) is 19.0. The van der Waals surface area contributed by atoms with Crippen LogP contribution in [-0.2, 0) is 17.9 Å². The van der Waals surface area contributed by atoms with Gasteiger partial charge in [-0.3, -0.25) is 9.80 Å². The second-order valence-corrected chi connectivity index (χ2v) is 9.23. The molecule has 4 rings (SSSR count). The van der Waals surface area contributed by atoms with Crippen LogP contribution in [0.1, 0.15) is 26.1 Å². The van der Waals surface area contributed by atoms with Crippen LogP contribution in [0.15, 0.2) is 42.5 Å². The summed E-state index contributed by atoms with van der Waals surface area (Å²) in [5, 5.41) is 1.31. The van der Waals surface area contributed by atoms with Crippen molar-refractivity contribution in [3.05, 3.63) is 64.9 Å². The molecule has 0 aliphatic carbocycles. The van der Waals surface area contributed by atoms with E-state index in [1.54, 1.807) is 23.1 Å². The average Bonchev–Trinajstić information content (AvgIpc) is 3.18. The number of carbonyl (C=O) groups excluding carboxylic acids is 1. The third-order valence-corrected chi connectivity index (χ3v) is 6.13. The van der Waals surface area contributed by atoms with Crippen molar-refractivity contribution in [2.24, 2.45) is 17.5 Å². The number of fused-ring (bicyclic) bond motifs is 1. The Labute approximate surface area is 201 Å². The first kappa shape index (κ1) is 24.1. The molecule has 0 unspecified atom stereocenters. The van der Waals surface area contributed by atoms with Crippen LogP contribution in [0, 0.1) is 17.6 Å². The van der Waals surface area contributed by atoms with Gasteiger partial charge in [0, 0.05) is 24.7 Å². The standard InChI is InChI=1S/C24H27ClF2N6O/c1-14(2)11-20(28)24(34)31-9-10-32-21(13-31)30-22(15-3-5-16(26)6-4-15)23(32)33(29)17-7-8-18(25)19(27)12-17/h3-8,12,14,20H,9-11,13,28-29H2,1-2H3/t20-/m0/s1. The summed E-state index contributed by atoms with van der Waals surface area (Å²) in [6, 6.07) is 9.55. The lowest BCUT2D eigenvalue weighted by atomic mass is 10.0. The number of nitrogens with zero attached hydrogens (tertiary/aromatic N) is 4. The highest BCUT2D eigenvalue weighted by atomic mass is 35.5. The molecule has 1 aliphatic heterocycles. The van der Waals surface area contributed by atoms with Crippen LogP contribution in [0.4, 0.5) is 20.3 Å². The predicted molar refractivity (Wildman–Crippen MR) is 128 cm³/mol. The van der Waals surface area contributed by atoms with Gasteiger partial charge in [0.25, 0.3) is 0 Å². The van der Waals surface area contributed by atoms with Crippen molar-refractivity contribution in [3.8, 4) is 11.3 Å². The maximum absolute atomic E-state index is 14.2. The maximum atomic E-state index is 14.2. The first-order chi connectivity index (χ1) is 16.2. The van der Waals surface area contributed by atoms with Gasteiger partial charge in [0.2, 0.25) is 5.91 Å². The molecule has 1 aliphatic rings. The number of carbonyl (C=O) groups is 1. The zero-order chi connectivity index (χ0) is 24.6. The van der Waals surface area contributed by atoms with Crippen LogP contribution in [0.2, 0.25) is 5.02 Å². The summed E-state index contributed by atoms with van der Waals surface area (Å²) in [7, 11) is 0. The van der Waals surface area contributed by atoms with E-state index in [9.17, 15) is 13.6 Å². The number of nitrogens with two attached hydrogens (primary N) is 2. The molecule has 3 aromatic rings. The highest BCUT2D eigenvalue weighted by molar-refractivity contribution is 6.30. The second kappa shape index (κ2) is 9.69. The molecule has 0 saturated heterocycles. The summed E-state index contributed by atoms with van der Waals surface area (Å²) in [6.45, 7) is 5.14. The fourth-order valence-electron chi connectivity index (χ4n) is 4.15. The smallest absolute Gasteiger partial charge is 0.239 e. The summed E-state index contributed by atoms with van der Waals surface area (Å²) in [5.74, 6) is 6.75. The van der Waals surface area contributed by atoms with Crippen LogP contribution >= 0.6 is 11.6 Å². The van der Waals surface area contributed by atoms with E-state index in [1.807, 2.05) is 18.4 Å². The van der Waals surface area contributed by atoms with Crippen LogP contribution in [0.25, 0.3) is 11.3 Å². The van der Waals surface area contributed by atoms with Crippen molar-refractivity contribution in [3.63, 3.8) is 0 Å². The maximum Gasteiger partial charge on any atom is 0.239 e. The molecule has 1 aromatic heterocycles. The Kier molecular flexibility index (Phi) is 6.88. The number of hydrazine groups is 1. The number of halogens is 3. The van der Waals surface area contributed by atoms with Crippen molar-refractivity contribution in [2.45, 2.75) is 39.4 Å².